The highest BCUT2D eigenvalue weighted by Gasteiger charge is 2.31. The highest BCUT2D eigenvalue weighted by Crippen LogP contribution is 2.39. The summed E-state index contributed by atoms with van der Waals surface area (Å²) in [6.45, 7) is 2.33. The van der Waals surface area contributed by atoms with Crippen LogP contribution >= 0.6 is 47.8 Å². The maximum atomic E-state index is 3.60. The van der Waals surface area contributed by atoms with Crippen molar-refractivity contribution in [1.29, 1.82) is 0 Å². The lowest BCUT2D eigenvalue weighted by Crippen LogP contribution is -2.25. The van der Waals surface area contributed by atoms with E-state index < -0.39 is 0 Å². The van der Waals surface area contributed by atoms with Gasteiger partial charge in [-0.1, -0.05) is 121 Å². The van der Waals surface area contributed by atoms with Gasteiger partial charge in [-0.2, -0.15) is 0 Å². The van der Waals surface area contributed by atoms with Crippen LogP contribution in [0, 0.1) is 0 Å². The van der Waals surface area contributed by atoms with Crippen molar-refractivity contribution >= 4 is 47.8 Å². The summed E-state index contributed by atoms with van der Waals surface area (Å²) in [5.41, 5.74) is 7.60. The van der Waals surface area contributed by atoms with Crippen LogP contribution in [0.5, 0.6) is 0 Å². The van der Waals surface area contributed by atoms with Gasteiger partial charge in [-0.05, 0) is 40.3 Å². The van der Waals surface area contributed by atoms with Gasteiger partial charge in [0.1, 0.15) is 0 Å². The Morgan fingerprint density at radius 2 is 1.04 bits per heavy atom. The molecule has 26 heavy (non-hydrogen) atoms. The van der Waals surface area contributed by atoms with Crippen LogP contribution in [-0.4, -0.2) is 0 Å². The minimum Gasteiger partial charge on any atom is -0.0876 e. The second-order valence-corrected chi connectivity index (χ2v) is 8.30. The highest BCUT2D eigenvalue weighted by molar-refractivity contribution is 9.09. The Bertz CT molecular complexity index is 804. The van der Waals surface area contributed by atoms with Crippen LogP contribution < -0.4 is 0 Å². The molecule has 0 radical (unpaired) electrons. The van der Waals surface area contributed by atoms with E-state index in [1.807, 2.05) is 0 Å². The molecule has 134 valence electrons. The minimum absolute atomic E-state index is 0.201. The van der Waals surface area contributed by atoms with Gasteiger partial charge in [-0.3, -0.25) is 0 Å². The first-order valence-electron chi connectivity index (χ1n) is 8.58. The minimum atomic E-state index is -0.201. The lowest BCUT2D eigenvalue weighted by molar-refractivity contribution is 0.691. The monoisotopic (exact) mass is 534 g/mol. The zero-order valence-electron chi connectivity index (χ0n) is 14.7. The molecule has 0 N–H and O–H groups in total. The van der Waals surface area contributed by atoms with Crippen molar-refractivity contribution in [3.63, 3.8) is 0 Å². The molecule has 0 aliphatic heterocycles. The summed E-state index contributed by atoms with van der Waals surface area (Å²) in [5, 5.41) is 2.62. The Morgan fingerprint density at radius 1 is 0.577 bits per heavy atom. The number of rotatable bonds is 6. The summed E-state index contributed by atoms with van der Waals surface area (Å²) in [6.07, 6.45) is 0. The molecule has 0 bridgehead atoms. The van der Waals surface area contributed by atoms with Crippen molar-refractivity contribution in [3.05, 3.63) is 106 Å². The fourth-order valence-electron chi connectivity index (χ4n) is 3.32. The van der Waals surface area contributed by atoms with E-state index >= 15 is 0 Å². The molecule has 3 rings (SSSR count). The largest absolute Gasteiger partial charge is 0.0876 e. The summed E-state index contributed by atoms with van der Waals surface area (Å²) in [5.74, 6) is 0. The van der Waals surface area contributed by atoms with Crippen molar-refractivity contribution in [2.24, 2.45) is 0 Å². The van der Waals surface area contributed by atoms with Gasteiger partial charge in [0.2, 0.25) is 0 Å². The molecule has 0 unspecified atom stereocenters. The summed E-state index contributed by atoms with van der Waals surface area (Å²) in [4.78, 5) is 0. The second-order valence-electron chi connectivity index (χ2n) is 6.62. The average molecular weight is 537 g/mol. The maximum Gasteiger partial charge on any atom is 0.0423 e. The molecular formula is C23H21Br3. The van der Waals surface area contributed by atoms with Gasteiger partial charge < -0.3 is 0 Å². The molecule has 0 aliphatic carbocycles. The summed E-state index contributed by atoms with van der Waals surface area (Å²) in [6, 6.07) is 26.8. The highest BCUT2D eigenvalue weighted by atomic mass is 79.9. The molecule has 0 spiro atoms. The normalized spacial score (nSPS) is 11.5. The molecule has 0 heterocycles. The first-order chi connectivity index (χ1) is 12.6. The molecule has 0 amide bonds. The van der Waals surface area contributed by atoms with Gasteiger partial charge in [0, 0.05) is 21.4 Å². The van der Waals surface area contributed by atoms with Crippen molar-refractivity contribution < 1.29 is 0 Å². The number of benzene rings is 3. The molecule has 3 heteroatoms. The number of hydrogen-bond donors (Lipinski definition) is 0. The standard InChI is InChI=1S/C23H21Br3/c1-23(20-9-5-17(14-24)6-10-20,21-11-7-18(15-25)8-12-21)22-4-2-3-19(13-22)16-26/h2-13H,14-16H2,1H3. The molecule has 0 saturated carbocycles. The lowest BCUT2D eigenvalue weighted by atomic mass is 9.70. The molecule has 0 nitrogen and oxygen atoms in total. The van der Waals surface area contributed by atoms with Crippen molar-refractivity contribution in [1.82, 2.24) is 0 Å². The van der Waals surface area contributed by atoms with E-state index in [0.29, 0.717) is 0 Å². The Labute approximate surface area is 181 Å². The zero-order chi connectivity index (χ0) is 18.6. The van der Waals surface area contributed by atoms with E-state index in [9.17, 15) is 0 Å². The topological polar surface area (TPSA) is 0 Å². The Morgan fingerprint density at radius 3 is 1.46 bits per heavy atom. The number of alkyl halides is 3. The fraction of sp³-hybridized carbons (Fsp3) is 0.217. The zero-order valence-corrected chi connectivity index (χ0v) is 19.4. The van der Waals surface area contributed by atoms with E-state index in [1.165, 1.54) is 33.4 Å². The summed E-state index contributed by atoms with van der Waals surface area (Å²) >= 11 is 10.7. The molecule has 0 fully saturated rings. The van der Waals surface area contributed by atoms with Gasteiger partial charge in [0.05, 0.1) is 0 Å². The predicted octanol–water partition coefficient (Wildman–Crippen LogP) is 7.73. The van der Waals surface area contributed by atoms with Crippen LogP contribution in [0.1, 0.15) is 40.3 Å². The van der Waals surface area contributed by atoms with Crippen molar-refractivity contribution in [3.8, 4) is 0 Å². The SMILES string of the molecule is CC(c1ccc(CBr)cc1)(c1ccc(CBr)cc1)c1cccc(CBr)c1. The van der Waals surface area contributed by atoms with E-state index in [-0.39, 0.29) is 5.41 Å². The fourth-order valence-corrected chi connectivity index (χ4v) is 4.42. The first kappa shape index (κ1) is 19.9. The number of halogens is 3. The van der Waals surface area contributed by atoms with E-state index in [2.05, 4.69) is 128 Å². The Balaban J connectivity index is 2.18. The second kappa shape index (κ2) is 8.86. The Hall–Kier alpha value is -0.900. The van der Waals surface area contributed by atoms with Crippen LogP contribution in [0.3, 0.4) is 0 Å². The van der Waals surface area contributed by atoms with Gasteiger partial charge in [0.25, 0.3) is 0 Å². The number of hydrogen-bond acceptors (Lipinski definition) is 0. The molecule has 3 aromatic rings. The maximum absolute atomic E-state index is 3.60. The van der Waals surface area contributed by atoms with Crippen LogP contribution in [0.4, 0.5) is 0 Å². The molecular weight excluding hydrogens is 516 g/mol. The van der Waals surface area contributed by atoms with Crippen LogP contribution in [0.15, 0.2) is 72.8 Å². The van der Waals surface area contributed by atoms with Gasteiger partial charge in [-0.15, -0.1) is 0 Å². The third-order valence-electron chi connectivity index (χ3n) is 5.03. The summed E-state index contributed by atoms with van der Waals surface area (Å²) in [7, 11) is 0. The molecule has 0 aromatic heterocycles. The predicted molar refractivity (Wildman–Crippen MR) is 123 cm³/mol. The molecule has 0 atom stereocenters. The first-order valence-corrected chi connectivity index (χ1v) is 11.9. The van der Waals surface area contributed by atoms with Crippen LogP contribution in [-0.2, 0) is 21.4 Å². The van der Waals surface area contributed by atoms with Crippen molar-refractivity contribution in [2.45, 2.75) is 28.3 Å². The lowest BCUT2D eigenvalue weighted by Gasteiger charge is -2.32. The third-order valence-corrected chi connectivity index (χ3v) is 6.97. The van der Waals surface area contributed by atoms with E-state index in [4.69, 9.17) is 0 Å². The molecule has 0 saturated heterocycles. The third kappa shape index (κ3) is 4.00. The molecule has 3 aromatic carbocycles. The summed E-state index contributed by atoms with van der Waals surface area (Å²) < 4.78 is 0. The van der Waals surface area contributed by atoms with Crippen LogP contribution in [0.2, 0.25) is 0 Å². The average Bonchev–Trinajstić information content (AvgIpc) is 2.73. The quantitative estimate of drug-likeness (QED) is 0.223. The Kier molecular flexibility index (Phi) is 6.76. The van der Waals surface area contributed by atoms with Gasteiger partial charge in [0.15, 0.2) is 0 Å². The van der Waals surface area contributed by atoms with Gasteiger partial charge in [-0.25, -0.2) is 0 Å². The van der Waals surface area contributed by atoms with E-state index in [0.717, 1.165) is 16.0 Å². The van der Waals surface area contributed by atoms with E-state index in [1.54, 1.807) is 0 Å². The van der Waals surface area contributed by atoms with Crippen molar-refractivity contribution in [2.75, 3.05) is 0 Å². The smallest absolute Gasteiger partial charge is 0.0423 e. The molecule has 0 aliphatic rings. The van der Waals surface area contributed by atoms with Gasteiger partial charge >= 0.3 is 0 Å². The van der Waals surface area contributed by atoms with Crippen LogP contribution in [0.25, 0.3) is 0 Å².